The van der Waals surface area contributed by atoms with E-state index in [1.54, 1.807) is 36.4 Å². The number of rotatable bonds is 8. The zero-order valence-electron chi connectivity index (χ0n) is 17.7. The largest absolute Gasteiger partial charge is 0.484 e. The number of nitrogens with one attached hydrogen (secondary N) is 1. The molecule has 0 aliphatic carbocycles. The third-order valence-corrected chi connectivity index (χ3v) is 6.77. The number of fused-ring (bicyclic) bond motifs is 1. The minimum absolute atomic E-state index is 0.0224. The molecule has 8 nitrogen and oxygen atoms in total. The molecule has 0 bridgehead atoms. The van der Waals surface area contributed by atoms with Crippen molar-refractivity contribution in [3.05, 3.63) is 78.1 Å². The summed E-state index contributed by atoms with van der Waals surface area (Å²) >= 11 is 0. The number of halogens is 1. The lowest BCUT2D eigenvalue weighted by atomic mass is 10.2. The fourth-order valence-electron chi connectivity index (χ4n) is 3.11. The van der Waals surface area contributed by atoms with Crippen molar-refractivity contribution < 1.29 is 31.8 Å². The van der Waals surface area contributed by atoms with Crippen LogP contribution in [0.25, 0.3) is 0 Å². The summed E-state index contributed by atoms with van der Waals surface area (Å²) in [4.78, 5) is 12.1. The van der Waals surface area contributed by atoms with Gasteiger partial charge < -0.3 is 19.5 Å². The minimum Gasteiger partial charge on any atom is -0.484 e. The first-order chi connectivity index (χ1) is 15.8. The van der Waals surface area contributed by atoms with Crippen LogP contribution in [0.1, 0.15) is 5.56 Å². The number of hydrogen-bond acceptors (Lipinski definition) is 6. The molecule has 172 valence electrons. The van der Waals surface area contributed by atoms with E-state index in [9.17, 15) is 17.6 Å². The lowest BCUT2D eigenvalue weighted by Gasteiger charge is -2.20. The molecule has 0 atom stereocenters. The predicted octanol–water partition coefficient (Wildman–Crippen LogP) is 3.07. The number of anilines is 1. The van der Waals surface area contributed by atoms with Crippen LogP contribution >= 0.6 is 0 Å². The Morgan fingerprint density at radius 3 is 2.45 bits per heavy atom. The molecule has 1 aliphatic heterocycles. The molecular weight excluding hydrogens is 451 g/mol. The van der Waals surface area contributed by atoms with E-state index in [2.05, 4.69) is 5.32 Å². The van der Waals surface area contributed by atoms with E-state index in [0.29, 0.717) is 29.5 Å². The summed E-state index contributed by atoms with van der Waals surface area (Å²) in [7, 11) is -2.44. The van der Waals surface area contributed by atoms with E-state index in [0.717, 1.165) is 22.0 Å². The van der Waals surface area contributed by atoms with Crippen molar-refractivity contribution in [2.24, 2.45) is 0 Å². The summed E-state index contributed by atoms with van der Waals surface area (Å²) in [6.07, 6.45) is 0. The second kappa shape index (κ2) is 9.37. The Bertz CT molecular complexity index is 1250. The number of ether oxygens (including phenoxy) is 3. The van der Waals surface area contributed by atoms with Gasteiger partial charge in [-0.15, -0.1) is 0 Å². The molecule has 1 heterocycles. The average Bonchev–Trinajstić information content (AvgIpc) is 3.29. The van der Waals surface area contributed by atoms with Crippen LogP contribution in [0.5, 0.6) is 17.2 Å². The highest BCUT2D eigenvalue weighted by Crippen LogP contribution is 2.32. The SMILES string of the molecule is CN(c1ccc(OCC(=O)NCc2ccc3c(c2)OCO3)cc1)S(=O)(=O)c1ccc(F)cc1. The fraction of sp³-hybridized carbons (Fsp3) is 0.174. The summed E-state index contributed by atoms with van der Waals surface area (Å²) in [6.45, 7) is 0.295. The Balaban J connectivity index is 1.30. The third kappa shape index (κ3) is 5.17. The van der Waals surface area contributed by atoms with Gasteiger partial charge in [-0.2, -0.15) is 0 Å². The molecule has 0 aromatic heterocycles. The van der Waals surface area contributed by atoms with Crippen LogP contribution in [-0.2, 0) is 21.4 Å². The van der Waals surface area contributed by atoms with Crippen molar-refractivity contribution in [3.8, 4) is 17.2 Å². The van der Waals surface area contributed by atoms with Gasteiger partial charge in [-0.25, -0.2) is 12.8 Å². The molecule has 0 saturated heterocycles. The summed E-state index contributed by atoms with van der Waals surface area (Å²) in [5.41, 5.74) is 1.25. The fourth-order valence-corrected chi connectivity index (χ4v) is 4.30. The molecule has 3 aromatic carbocycles. The van der Waals surface area contributed by atoms with Crippen LogP contribution in [0.2, 0.25) is 0 Å². The second-order valence-corrected chi connectivity index (χ2v) is 9.14. The van der Waals surface area contributed by atoms with Crippen molar-refractivity contribution in [1.29, 1.82) is 0 Å². The molecule has 0 spiro atoms. The number of nitrogens with zero attached hydrogens (tertiary/aromatic N) is 1. The van der Waals surface area contributed by atoms with Crippen molar-refractivity contribution >= 4 is 21.6 Å². The summed E-state index contributed by atoms with van der Waals surface area (Å²) in [5, 5.41) is 2.76. The summed E-state index contributed by atoms with van der Waals surface area (Å²) < 4.78 is 55.6. The number of amides is 1. The molecule has 0 radical (unpaired) electrons. The molecular formula is C23H21FN2O6S. The van der Waals surface area contributed by atoms with E-state index in [1.165, 1.54) is 19.2 Å². The highest BCUT2D eigenvalue weighted by Gasteiger charge is 2.21. The Labute approximate surface area is 190 Å². The van der Waals surface area contributed by atoms with Crippen LogP contribution < -0.4 is 23.8 Å². The molecule has 3 aromatic rings. The van der Waals surface area contributed by atoms with Crippen LogP contribution in [0.4, 0.5) is 10.1 Å². The molecule has 1 aliphatic rings. The van der Waals surface area contributed by atoms with Gasteiger partial charge in [0, 0.05) is 13.6 Å². The standard InChI is InChI=1S/C23H21FN2O6S/c1-26(33(28,29)20-9-3-17(24)4-10-20)18-5-7-19(8-6-18)30-14-23(27)25-13-16-2-11-21-22(12-16)32-15-31-21/h2-12H,13-15H2,1H3,(H,25,27). The van der Waals surface area contributed by atoms with Gasteiger partial charge in [-0.05, 0) is 66.2 Å². The Morgan fingerprint density at radius 2 is 1.73 bits per heavy atom. The number of carbonyl (C=O) groups excluding carboxylic acids is 1. The normalized spacial score (nSPS) is 12.3. The van der Waals surface area contributed by atoms with Crippen molar-refractivity contribution in [2.45, 2.75) is 11.4 Å². The molecule has 1 amide bonds. The topological polar surface area (TPSA) is 94.2 Å². The summed E-state index contributed by atoms with van der Waals surface area (Å²) in [6, 6.07) is 16.3. The lowest BCUT2D eigenvalue weighted by Crippen LogP contribution is -2.28. The first kappa shape index (κ1) is 22.4. The molecule has 10 heteroatoms. The van der Waals surface area contributed by atoms with Crippen LogP contribution in [0.15, 0.2) is 71.6 Å². The molecule has 1 N–H and O–H groups in total. The molecule has 4 rings (SSSR count). The Morgan fingerprint density at radius 1 is 1.03 bits per heavy atom. The van der Waals surface area contributed by atoms with E-state index in [4.69, 9.17) is 14.2 Å². The monoisotopic (exact) mass is 472 g/mol. The lowest BCUT2D eigenvalue weighted by molar-refractivity contribution is -0.123. The third-order valence-electron chi connectivity index (χ3n) is 4.97. The number of hydrogen-bond donors (Lipinski definition) is 1. The van der Waals surface area contributed by atoms with Gasteiger partial charge in [0.1, 0.15) is 11.6 Å². The van der Waals surface area contributed by atoms with Crippen molar-refractivity contribution in [2.75, 3.05) is 24.8 Å². The van der Waals surface area contributed by atoms with Gasteiger partial charge in [-0.1, -0.05) is 6.07 Å². The number of sulfonamides is 1. The number of benzene rings is 3. The zero-order chi connectivity index (χ0) is 23.4. The maximum Gasteiger partial charge on any atom is 0.264 e. The summed E-state index contributed by atoms with van der Waals surface area (Å²) in [5.74, 6) is 0.896. The molecule has 0 unspecified atom stereocenters. The highest BCUT2D eigenvalue weighted by atomic mass is 32.2. The Kier molecular flexibility index (Phi) is 6.36. The van der Waals surface area contributed by atoms with E-state index in [1.807, 2.05) is 6.07 Å². The van der Waals surface area contributed by atoms with Crippen molar-refractivity contribution in [1.82, 2.24) is 5.32 Å². The van der Waals surface area contributed by atoms with E-state index >= 15 is 0 Å². The van der Waals surface area contributed by atoms with Crippen LogP contribution in [0.3, 0.4) is 0 Å². The van der Waals surface area contributed by atoms with Crippen LogP contribution in [0, 0.1) is 5.82 Å². The highest BCUT2D eigenvalue weighted by molar-refractivity contribution is 7.92. The quantitative estimate of drug-likeness (QED) is 0.542. The molecule has 33 heavy (non-hydrogen) atoms. The second-order valence-electron chi connectivity index (χ2n) is 7.17. The zero-order valence-corrected chi connectivity index (χ0v) is 18.5. The average molecular weight is 472 g/mol. The van der Waals surface area contributed by atoms with E-state index < -0.39 is 15.8 Å². The first-order valence-corrected chi connectivity index (χ1v) is 11.4. The van der Waals surface area contributed by atoms with Gasteiger partial charge in [0.15, 0.2) is 18.1 Å². The van der Waals surface area contributed by atoms with Gasteiger partial charge in [0.2, 0.25) is 6.79 Å². The Hall–Kier alpha value is -3.79. The molecule has 0 saturated carbocycles. The van der Waals surface area contributed by atoms with Crippen molar-refractivity contribution in [3.63, 3.8) is 0 Å². The predicted molar refractivity (Wildman–Crippen MR) is 118 cm³/mol. The van der Waals surface area contributed by atoms with Gasteiger partial charge in [0.05, 0.1) is 10.6 Å². The first-order valence-electron chi connectivity index (χ1n) is 9.95. The minimum atomic E-state index is -3.84. The van der Waals surface area contributed by atoms with Gasteiger partial charge in [-0.3, -0.25) is 9.10 Å². The van der Waals surface area contributed by atoms with Crippen LogP contribution in [-0.4, -0.2) is 34.8 Å². The smallest absolute Gasteiger partial charge is 0.264 e. The number of carbonyl (C=O) groups is 1. The van der Waals surface area contributed by atoms with Gasteiger partial charge >= 0.3 is 0 Å². The maximum absolute atomic E-state index is 13.1. The maximum atomic E-state index is 13.1. The van der Waals surface area contributed by atoms with Gasteiger partial charge in [0.25, 0.3) is 15.9 Å². The molecule has 0 fully saturated rings. The van der Waals surface area contributed by atoms with E-state index in [-0.39, 0.29) is 24.2 Å².